The van der Waals surface area contributed by atoms with E-state index in [2.05, 4.69) is 67.1 Å². The highest BCUT2D eigenvalue weighted by molar-refractivity contribution is 5.30. The van der Waals surface area contributed by atoms with E-state index in [9.17, 15) is 0 Å². The molecule has 0 saturated carbocycles. The van der Waals surface area contributed by atoms with Gasteiger partial charge in [-0.3, -0.25) is 0 Å². The van der Waals surface area contributed by atoms with Gasteiger partial charge in [0, 0.05) is 31.6 Å². The molecule has 0 aliphatic heterocycles. The van der Waals surface area contributed by atoms with E-state index in [0.29, 0.717) is 6.04 Å². The van der Waals surface area contributed by atoms with Crippen LogP contribution in [0.4, 0.5) is 0 Å². The minimum Gasteiger partial charge on any atom is -0.385 e. The molecule has 1 aromatic heterocycles. The van der Waals surface area contributed by atoms with Gasteiger partial charge in [0.15, 0.2) is 0 Å². The number of hydrogen-bond acceptors (Lipinski definition) is 2. The SMILES string of the molecule is COCCCNCc1cc(C)n(C(C)c2ccccc2)c1C. The molecule has 1 unspecified atom stereocenters. The fourth-order valence-electron chi connectivity index (χ4n) is 3.07. The van der Waals surface area contributed by atoms with E-state index in [4.69, 9.17) is 4.74 Å². The van der Waals surface area contributed by atoms with E-state index in [1.54, 1.807) is 7.11 Å². The molecule has 22 heavy (non-hydrogen) atoms. The van der Waals surface area contributed by atoms with Crippen molar-refractivity contribution < 1.29 is 4.74 Å². The number of aromatic nitrogens is 1. The van der Waals surface area contributed by atoms with Crippen molar-refractivity contribution in [2.45, 2.75) is 39.8 Å². The number of nitrogens with zero attached hydrogens (tertiary/aromatic N) is 1. The number of ether oxygens (including phenoxy) is 1. The first-order chi connectivity index (χ1) is 10.6. The first-order valence-corrected chi connectivity index (χ1v) is 8.07. The highest BCUT2D eigenvalue weighted by Gasteiger charge is 2.15. The summed E-state index contributed by atoms with van der Waals surface area (Å²) in [7, 11) is 1.75. The third kappa shape index (κ3) is 3.99. The molecule has 2 aromatic rings. The zero-order valence-electron chi connectivity index (χ0n) is 14.2. The number of nitrogens with one attached hydrogen (secondary N) is 1. The van der Waals surface area contributed by atoms with Crippen molar-refractivity contribution >= 4 is 0 Å². The van der Waals surface area contributed by atoms with Crippen LogP contribution < -0.4 is 5.32 Å². The molecule has 0 aliphatic carbocycles. The van der Waals surface area contributed by atoms with Gasteiger partial charge in [0.2, 0.25) is 0 Å². The summed E-state index contributed by atoms with van der Waals surface area (Å²) in [6.07, 6.45) is 1.05. The van der Waals surface area contributed by atoms with Gasteiger partial charge in [0.1, 0.15) is 0 Å². The monoisotopic (exact) mass is 300 g/mol. The molecule has 3 nitrogen and oxygen atoms in total. The summed E-state index contributed by atoms with van der Waals surface area (Å²) in [5, 5.41) is 3.50. The molecule has 0 saturated heterocycles. The molecule has 120 valence electrons. The number of rotatable bonds is 8. The second-order valence-electron chi connectivity index (χ2n) is 5.88. The van der Waals surface area contributed by atoms with Crippen LogP contribution in [0.3, 0.4) is 0 Å². The van der Waals surface area contributed by atoms with Gasteiger partial charge in [0.25, 0.3) is 0 Å². The van der Waals surface area contributed by atoms with Gasteiger partial charge in [0.05, 0.1) is 6.04 Å². The Morgan fingerprint density at radius 1 is 1.18 bits per heavy atom. The first-order valence-electron chi connectivity index (χ1n) is 8.07. The third-order valence-corrected chi connectivity index (χ3v) is 4.28. The van der Waals surface area contributed by atoms with E-state index in [-0.39, 0.29) is 0 Å². The average Bonchev–Trinajstić information content (AvgIpc) is 2.81. The zero-order valence-corrected chi connectivity index (χ0v) is 14.2. The summed E-state index contributed by atoms with van der Waals surface area (Å²) in [5.41, 5.74) is 5.41. The molecule has 1 heterocycles. The largest absolute Gasteiger partial charge is 0.385 e. The van der Waals surface area contributed by atoms with Gasteiger partial charge in [-0.1, -0.05) is 30.3 Å². The maximum Gasteiger partial charge on any atom is 0.0556 e. The summed E-state index contributed by atoms with van der Waals surface area (Å²) < 4.78 is 7.51. The van der Waals surface area contributed by atoms with Crippen LogP contribution in [0.15, 0.2) is 36.4 Å². The lowest BCUT2D eigenvalue weighted by Crippen LogP contribution is -2.17. The Kier molecular flexibility index (Phi) is 6.22. The van der Waals surface area contributed by atoms with Gasteiger partial charge in [-0.15, -0.1) is 0 Å². The summed E-state index contributed by atoms with van der Waals surface area (Å²) in [5.74, 6) is 0. The number of hydrogen-bond donors (Lipinski definition) is 1. The molecule has 0 bridgehead atoms. The number of methoxy groups -OCH3 is 1. The topological polar surface area (TPSA) is 26.2 Å². The molecular formula is C19H28N2O. The van der Waals surface area contributed by atoms with Gasteiger partial charge in [-0.2, -0.15) is 0 Å². The Labute approximate surface area is 134 Å². The predicted molar refractivity (Wildman–Crippen MR) is 92.4 cm³/mol. The highest BCUT2D eigenvalue weighted by atomic mass is 16.5. The van der Waals surface area contributed by atoms with Crippen LogP contribution >= 0.6 is 0 Å². The maximum absolute atomic E-state index is 5.08. The van der Waals surface area contributed by atoms with Crippen molar-refractivity contribution in [3.8, 4) is 0 Å². The van der Waals surface area contributed by atoms with E-state index >= 15 is 0 Å². The van der Waals surface area contributed by atoms with E-state index in [0.717, 1.165) is 26.1 Å². The molecule has 1 atom stereocenters. The van der Waals surface area contributed by atoms with Gasteiger partial charge < -0.3 is 14.6 Å². The normalized spacial score (nSPS) is 12.5. The van der Waals surface area contributed by atoms with E-state index in [1.165, 1.54) is 22.5 Å². The van der Waals surface area contributed by atoms with Crippen LogP contribution in [0, 0.1) is 13.8 Å². The summed E-state index contributed by atoms with van der Waals surface area (Å²) in [4.78, 5) is 0. The van der Waals surface area contributed by atoms with Crippen molar-refractivity contribution in [2.24, 2.45) is 0 Å². The Balaban J connectivity index is 2.07. The summed E-state index contributed by atoms with van der Waals surface area (Å²) >= 11 is 0. The Hall–Kier alpha value is -1.58. The predicted octanol–water partition coefficient (Wildman–Crippen LogP) is 3.84. The van der Waals surface area contributed by atoms with Gasteiger partial charge in [-0.25, -0.2) is 0 Å². The summed E-state index contributed by atoms with van der Waals surface area (Å²) in [6.45, 7) is 9.41. The van der Waals surface area contributed by atoms with Crippen LogP contribution in [0.5, 0.6) is 0 Å². The average molecular weight is 300 g/mol. The molecule has 0 amide bonds. The Morgan fingerprint density at radius 3 is 2.59 bits per heavy atom. The van der Waals surface area contributed by atoms with Crippen molar-refractivity contribution in [1.82, 2.24) is 9.88 Å². The van der Waals surface area contributed by atoms with Crippen LogP contribution in [0.25, 0.3) is 0 Å². The molecule has 0 spiro atoms. The van der Waals surface area contributed by atoms with Crippen LogP contribution in [0.1, 0.15) is 41.9 Å². The van der Waals surface area contributed by atoms with Gasteiger partial charge >= 0.3 is 0 Å². The molecular weight excluding hydrogens is 272 g/mol. The molecule has 1 aromatic carbocycles. The lowest BCUT2D eigenvalue weighted by Gasteiger charge is -2.19. The second-order valence-corrected chi connectivity index (χ2v) is 5.88. The molecule has 1 N–H and O–H groups in total. The number of aryl methyl sites for hydroxylation is 1. The lowest BCUT2D eigenvalue weighted by molar-refractivity contribution is 0.194. The van der Waals surface area contributed by atoms with Crippen LogP contribution in [-0.2, 0) is 11.3 Å². The smallest absolute Gasteiger partial charge is 0.0556 e. The highest BCUT2D eigenvalue weighted by Crippen LogP contribution is 2.25. The molecule has 0 radical (unpaired) electrons. The molecule has 3 heteroatoms. The van der Waals surface area contributed by atoms with Crippen molar-refractivity contribution in [1.29, 1.82) is 0 Å². The lowest BCUT2D eigenvalue weighted by atomic mass is 10.1. The fraction of sp³-hybridized carbons (Fsp3) is 0.474. The molecule has 0 fully saturated rings. The Bertz CT molecular complexity index is 575. The van der Waals surface area contributed by atoms with Crippen molar-refractivity contribution in [3.63, 3.8) is 0 Å². The quantitative estimate of drug-likeness (QED) is 0.750. The molecule has 2 rings (SSSR count). The Morgan fingerprint density at radius 2 is 1.91 bits per heavy atom. The number of benzene rings is 1. The van der Waals surface area contributed by atoms with Gasteiger partial charge in [-0.05, 0) is 50.9 Å². The third-order valence-electron chi connectivity index (χ3n) is 4.28. The fourth-order valence-corrected chi connectivity index (χ4v) is 3.07. The first kappa shape index (κ1) is 16.8. The second kappa shape index (κ2) is 8.16. The summed E-state index contributed by atoms with van der Waals surface area (Å²) in [6, 6.07) is 13.4. The van der Waals surface area contributed by atoms with Crippen molar-refractivity contribution in [2.75, 3.05) is 20.3 Å². The minimum absolute atomic E-state index is 0.364. The standard InChI is InChI=1S/C19H28N2O/c1-15-13-19(14-20-11-8-12-22-4)17(3)21(15)16(2)18-9-6-5-7-10-18/h5-7,9-10,13,16,20H,8,11-12,14H2,1-4H3. The van der Waals surface area contributed by atoms with Crippen LogP contribution in [0.2, 0.25) is 0 Å². The maximum atomic E-state index is 5.08. The molecule has 0 aliphatic rings. The van der Waals surface area contributed by atoms with E-state index < -0.39 is 0 Å². The minimum atomic E-state index is 0.364. The van der Waals surface area contributed by atoms with Crippen molar-refractivity contribution in [3.05, 3.63) is 58.9 Å². The van der Waals surface area contributed by atoms with Crippen LogP contribution in [-0.4, -0.2) is 24.8 Å². The van der Waals surface area contributed by atoms with E-state index in [1.807, 2.05) is 0 Å². The zero-order chi connectivity index (χ0) is 15.9.